The summed E-state index contributed by atoms with van der Waals surface area (Å²) in [7, 11) is 3.13. The standard InChI is InChI=1S/C21H26N2O2.C21H25NO2.C20H23N2O2.C20H23NO3.C11H17N.C10H10O3.Y/c1-11-8-9-17(20(24)22-7)10-18(11)21(25)23-19-15(5)13(3)12(2)14(4)16(19)6;1-11-8-9-18(17(7)23)10-19(11)21(24)22-20-15(5)13(3)12(2)14(4)16(20)6;1-11-12(2)14(4)18(15(5)13(11)3)22-20(24)17-9-7-8-16(10-17)19(23)21-6;1-10-7-8-16(20(23)24)9-17(10)19(22)21-18-14(5)12(3)11(2)13(4)15(18)6;1-6-7(2)9(4)11(12)10(5)8(6)3;1-6-3-4-8(7(2)11)5-9(6)10(12)13;/h8-10H,1-7H3,(H,22,24)(H,23,25);8-10H,1-7H3,(H,22,24);7-8,10H,1-6H3,(H,21,23)(H,22,24);7-9H,1-6H3,(H,21,22)(H,23,24);12H2,1-5H3;3-5H,1-2H3,(H,12,13);/q;;-1;;;;. The SMILES string of the molecule is CC(=O)c1ccc(C)c(C(=O)Nc2c(C)c(C)c(C)c(C)c2C)c1.CC(=O)c1ccc(C)c(C(=O)O)c1.CNC(=O)c1cc[c-]c(C(=O)Nc2c(C)c(C)c(C)c(C)c2C)c1.CNC(=O)c1ccc(C)c(C(=O)Nc2c(C)c(C)c(C)c(C)c2C)c1.Cc1c(C)c(C)c(N)c(C)c1C.Cc1ccc(C(=O)O)cc1C(=O)Nc1c(C)c(C)c(C)c(C)c1C.[Y]. The van der Waals surface area contributed by atoms with Gasteiger partial charge in [-0.25, -0.2) is 9.59 Å². The molecule has 20 heteroatoms. The zero-order valence-electron chi connectivity index (χ0n) is 78.3. The molecule has 6 amide bonds. The second kappa shape index (κ2) is 44.3. The van der Waals surface area contributed by atoms with Crippen LogP contribution in [-0.2, 0) is 32.7 Å². The zero-order chi connectivity index (χ0) is 92.7. The summed E-state index contributed by atoms with van der Waals surface area (Å²) in [5.74, 6) is -3.57. The van der Waals surface area contributed by atoms with Gasteiger partial charge in [-0.15, -0.1) is 24.3 Å². The van der Waals surface area contributed by atoms with Crippen molar-refractivity contribution in [3.05, 3.63) is 314 Å². The smallest absolute Gasteiger partial charge is 0.335 e. The molecule has 0 spiro atoms. The molecule has 0 saturated carbocycles. The number of aryl methyl sites for hydroxylation is 4. The number of anilines is 5. The van der Waals surface area contributed by atoms with Crippen molar-refractivity contribution in [2.75, 3.05) is 41.1 Å². The Kier molecular flexibility index (Phi) is 37.3. The van der Waals surface area contributed by atoms with Gasteiger partial charge < -0.3 is 52.6 Å². The minimum atomic E-state index is -1.04. The Labute approximate surface area is 753 Å². The van der Waals surface area contributed by atoms with E-state index in [4.69, 9.17) is 15.9 Å². The first kappa shape index (κ1) is 104. The number of aromatic carboxylic acids is 2. The number of nitrogens with two attached hydrogens (primary N) is 1. The summed E-state index contributed by atoms with van der Waals surface area (Å²) in [4.78, 5) is 119. The maximum atomic E-state index is 12.9. The van der Waals surface area contributed by atoms with Crippen molar-refractivity contribution >= 4 is 87.4 Å². The number of carbonyl (C=O) groups is 10. The fourth-order valence-electron chi connectivity index (χ4n) is 14.2. The van der Waals surface area contributed by atoms with Gasteiger partial charge in [-0.3, -0.25) is 33.6 Å². The summed E-state index contributed by atoms with van der Waals surface area (Å²) < 4.78 is 0. The van der Waals surface area contributed by atoms with Gasteiger partial charge in [-0.2, -0.15) is 0 Å². The van der Waals surface area contributed by atoms with Crippen LogP contribution in [0.1, 0.15) is 279 Å². The van der Waals surface area contributed by atoms with E-state index in [-0.39, 0.29) is 90.8 Å². The second-order valence-electron chi connectivity index (χ2n) is 31.8. The number of Topliss-reactive ketones (excluding diaryl/α,β-unsaturated/α-hetero) is 2. The predicted octanol–water partition coefficient (Wildman–Crippen LogP) is 22.0. The van der Waals surface area contributed by atoms with Crippen molar-refractivity contribution in [2.24, 2.45) is 0 Å². The number of carboxylic acids is 2. The average molecular weight is 1740 g/mol. The summed E-state index contributed by atoms with van der Waals surface area (Å²) in [6.07, 6.45) is 0. The number of rotatable bonds is 14. The third kappa shape index (κ3) is 24.3. The molecule has 10 aromatic carbocycles. The minimum absolute atomic E-state index is 0. The molecule has 10 rings (SSSR count). The Morgan fingerprint density at radius 2 is 0.480 bits per heavy atom. The van der Waals surface area contributed by atoms with Gasteiger partial charge in [0.25, 0.3) is 23.6 Å². The molecule has 10 aromatic rings. The molecule has 0 aliphatic rings. The van der Waals surface area contributed by atoms with Crippen LogP contribution in [0.3, 0.4) is 0 Å². The van der Waals surface area contributed by atoms with Crippen LogP contribution >= 0.6 is 0 Å². The van der Waals surface area contributed by atoms with Gasteiger partial charge in [0.1, 0.15) is 0 Å². The first-order valence-corrected chi connectivity index (χ1v) is 40.5. The van der Waals surface area contributed by atoms with Crippen LogP contribution in [0.25, 0.3) is 0 Å². The number of carboxylic acid groups (broad SMARTS) is 2. The Hall–Kier alpha value is -11.8. The molecule has 0 aliphatic carbocycles. The second-order valence-corrected chi connectivity index (χ2v) is 31.8. The third-order valence-electron chi connectivity index (χ3n) is 25.0. The fraction of sp³-hybridized carbons (Fsp3) is 0.320. The monoisotopic (exact) mass is 1740 g/mol. The number of ketones is 2. The Morgan fingerprint density at radius 3 is 0.748 bits per heavy atom. The minimum Gasteiger partial charge on any atom is -0.478 e. The van der Waals surface area contributed by atoms with Crippen LogP contribution in [0.5, 0.6) is 0 Å². The van der Waals surface area contributed by atoms with E-state index in [9.17, 15) is 47.9 Å². The summed E-state index contributed by atoms with van der Waals surface area (Å²) in [5, 5.41) is 35.1. The number of hydrogen-bond donors (Lipinski definition) is 9. The van der Waals surface area contributed by atoms with Crippen LogP contribution in [0.15, 0.2) is 91.0 Å². The molecule has 0 saturated heterocycles. The zero-order valence-corrected chi connectivity index (χ0v) is 81.1. The summed E-state index contributed by atoms with van der Waals surface area (Å²) in [6.45, 7) is 61.8. The third-order valence-corrected chi connectivity index (χ3v) is 25.0. The normalized spacial score (nSPS) is 10.3. The van der Waals surface area contributed by atoms with E-state index in [1.165, 1.54) is 115 Å². The van der Waals surface area contributed by atoms with Gasteiger partial charge in [0.15, 0.2) is 17.5 Å². The molecule has 0 atom stereocenters. The number of carbonyl (C=O) groups excluding carboxylic acids is 8. The molecule has 0 aliphatic heterocycles. The number of nitrogen functional groups attached to an aromatic ring is 1. The van der Waals surface area contributed by atoms with E-state index in [0.717, 1.165) is 101 Å². The van der Waals surface area contributed by atoms with Crippen molar-refractivity contribution in [3.63, 3.8) is 0 Å². The molecular formula is C103H124N7O12Y-. The van der Waals surface area contributed by atoms with Gasteiger partial charge in [0.2, 0.25) is 5.91 Å². The molecule has 0 unspecified atom stereocenters. The van der Waals surface area contributed by atoms with E-state index in [0.29, 0.717) is 50.1 Å². The fourth-order valence-corrected chi connectivity index (χ4v) is 14.2. The maximum absolute atomic E-state index is 12.9. The van der Waals surface area contributed by atoms with Crippen LogP contribution in [-0.4, -0.2) is 83.3 Å². The first-order chi connectivity index (χ1) is 56.7. The molecule has 0 bridgehead atoms. The molecule has 0 fully saturated rings. The van der Waals surface area contributed by atoms with Crippen molar-refractivity contribution in [1.82, 2.24) is 10.6 Å². The number of nitrogens with one attached hydrogen (secondary N) is 6. The Morgan fingerprint density at radius 1 is 0.260 bits per heavy atom. The summed E-state index contributed by atoms with van der Waals surface area (Å²) in [6, 6.07) is 27.3. The van der Waals surface area contributed by atoms with Crippen LogP contribution in [0.4, 0.5) is 28.4 Å². The van der Waals surface area contributed by atoms with Gasteiger partial charge in [0.05, 0.1) is 11.1 Å². The van der Waals surface area contributed by atoms with Gasteiger partial charge in [-0.05, 0) is 418 Å². The molecule has 0 aromatic heterocycles. The molecule has 1 radical (unpaired) electrons. The maximum Gasteiger partial charge on any atom is 0.335 e. The summed E-state index contributed by atoms with van der Waals surface area (Å²) >= 11 is 0. The van der Waals surface area contributed by atoms with E-state index in [1.807, 2.05) is 89.2 Å². The molecule has 0 heterocycles. The molecule has 123 heavy (non-hydrogen) atoms. The molecule has 19 nitrogen and oxygen atoms in total. The summed E-state index contributed by atoms with van der Waals surface area (Å²) in [5.41, 5.74) is 46.8. The van der Waals surface area contributed by atoms with Crippen LogP contribution < -0.4 is 37.6 Å². The number of amides is 6. The van der Waals surface area contributed by atoms with Crippen molar-refractivity contribution in [2.45, 2.75) is 215 Å². The van der Waals surface area contributed by atoms with Crippen LogP contribution in [0.2, 0.25) is 0 Å². The number of hydrogen-bond acceptors (Lipinski definition) is 11. The topological polar surface area (TPSA) is 309 Å². The van der Waals surface area contributed by atoms with E-state index < -0.39 is 11.9 Å². The molecule has 10 N–H and O–H groups in total. The van der Waals surface area contributed by atoms with E-state index in [2.05, 4.69) is 142 Å². The average Bonchev–Trinajstić information content (AvgIpc) is 0.799. The molecular weight excluding hydrogens is 1620 g/mol. The molecule has 647 valence electrons. The largest absolute Gasteiger partial charge is 0.478 e. The van der Waals surface area contributed by atoms with Gasteiger partial charge in [-0.1, -0.05) is 42.0 Å². The Balaban J connectivity index is 0.000000315. The van der Waals surface area contributed by atoms with E-state index in [1.54, 1.807) is 94.7 Å². The number of benzene rings is 10. The quantitative estimate of drug-likeness (QED) is 0.0278. The first-order valence-electron chi connectivity index (χ1n) is 40.5. The van der Waals surface area contributed by atoms with E-state index >= 15 is 0 Å². The van der Waals surface area contributed by atoms with Crippen molar-refractivity contribution in [3.8, 4) is 0 Å². The Bertz CT molecular complexity index is 5520. The predicted molar refractivity (Wildman–Crippen MR) is 498 cm³/mol. The van der Waals surface area contributed by atoms with Crippen molar-refractivity contribution in [1.29, 1.82) is 0 Å². The van der Waals surface area contributed by atoms with Crippen molar-refractivity contribution < 1.29 is 90.9 Å². The van der Waals surface area contributed by atoms with Crippen LogP contribution in [0, 0.1) is 207 Å². The van der Waals surface area contributed by atoms with Gasteiger partial charge in [0, 0.05) is 109 Å². The van der Waals surface area contributed by atoms with Gasteiger partial charge >= 0.3 is 11.9 Å².